The summed E-state index contributed by atoms with van der Waals surface area (Å²) in [5.74, 6) is 0.799. The molecule has 1 unspecified atom stereocenters. The van der Waals surface area contributed by atoms with E-state index in [4.69, 9.17) is 4.74 Å². The van der Waals surface area contributed by atoms with Gasteiger partial charge in [0.05, 0.1) is 18.3 Å². The summed E-state index contributed by atoms with van der Waals surface area (Å²) in [4.78, 5) is 16.7. The van der Waals surface area contributed by atoms with Crippen LogP contribution in [0.5, 0.6) is 5.75 Å². The molecule has 0 saturated heterocycles. The lowest BCUT2D eigenvalue weighted by molar-refractivity contribution is 0.234. The van der Waals surface area contributed by atoms with Gasteiger partial charge in [0.1, 0.15) is 12.4 Å². The van der Waals surface area contributed by atoms with E-state index in [2.05, 4.69) is 15.6 Å². The summed E-state index contributed by atoms with van der Waals surface area (Å²) in [5.41, 5.74) is 2.90. The number of benzene rings is 2. The maximum Gasteiger partial charge on any atom is 0.315 e. The summed E-state index contributed by atoms with van der Waals surface area (Å²) in [7, 11) is 0. The zero-order valence-electron chi connectivity index (χ0n) is 15.3. The number of nitrogens with one attached hydrogen (secondary N) is 2. The molecule has 27 heavy (non-hydrogen) atoms. The second-order valence-electron chi connectivity index (χ2n) is 6.16. The van der Waals surface area contributed by atoms with E-state index in [0.717, 1.165) is 22.6 Å². The Morgan fingerprint density at radius 3 is 2.59 bits per heavy atom. The van der Waals surface area contributed by atoms with E-state index in [0.29, 0.717) is 13.2 Å². The largest absolute Gasteiger partial charge is 0.492 e. The van der Waals surface area contributed by atoms with Gasteiger partial charge < -0.3 is 15.4 Å². The number of hydrogen-bond donors (Lipinski definition) is 2. The summed E-state index contributed by atoms with van der Waals surface area (Å²) in [6.07, 6.45) is 1.72. The average Bonchev–Trinajstić information content (AvgIpc) is 2.71. The second kappa shape index (κ2) is 9.38. The lowest BCUT2D eigenvalue weighted by Crippen LogP contribution is -2.40. The molecule has 0 bridgehead atoms. The molecule has 2 N–H and O–H groups in total. The fourth-order valence-electron chi connectivity index (χ4n) is 2.74. The molecule has 0 aliphatic heterocycles. The van der Waals surface area contributed by atoms with E-state index in [1.54, 1.807) is 6.20 Å². The number of aromatic nitrogens is 1. The first-order chi connectivity index (χ1) is 13.2. The van der Waals surface area contributed by atoms with Crippen LogP contribution in [0.1, 0.15) is 22.9 Å². The van der Waals surface area contributed by atoms with Crippen molar-refractivity contribution in [3.63, 3.8) is 0 Å². The van der Waals surface area contributed by atoms with Crippen LogP contribution in [0.3, 0.4) is 0 Å². The monoisotopic (exact) mass is 361 g/mol. The number of amides is 2. The highest BCUT2D eigenvalue weighted by molar-refractivity contribution is 5.74. The van der Waals surface area contributed by atoms with E-state index < -0.39 is 0 Å². The molecule has 5 nitrogen and oxygen atoms in total. The van der Waals surface area contributed by atoms with Crippen molar-refractivity contribution in [2.24, 2.45) is 0 Å². The molecule has 1 heterocycles. The molecule has 5 heteroatoms. The molecule has 0 fully saturated rings. The van der Waals surface area contributed by atoms with Gasteiger partial charge in [-0.05, 0) is 42.3 Å². The van der Waals surface area contributed by atoms with Gasteiger partial charge in [-0.2, -0.15) is 0 Å². The van der Waals surface area contributed by atoms with Crippen molar-refractivity contribution in [2.45, 2.75) is 13.0 Å². The Bertz CT molecular complexity index is 814. The first-order valence-electron chi connectivity index (χ1n) is 8.92. The number of urea groups is 1. The van der Waals surface area contributed by atoms with Gasteiger partial charge in [-0.3, -0.25) is 4.98 Å². The summed E-state index contributed by atoms with van der Waals surface area (Å²) in [6.45, 7) is 2.82. The topological polar surface area (TPSA) is 63.2 Å². The molecule has 0 aliphatic rings. The third-order valence-corrected chi connectivity index (χ3v) is 4.04. The van der Waals surface area contributed by atoms with Crippen LogP contribution in [0.25, 0.3) is 0 Å². The minimum absolute atomic E-state index is 0.262. The van der Waals surface area contributed by atoms with E-state index in [1.165, 1.54) is 0 Å². The first-order valence-corrected chi connectivity index (χ1v) is 8.92. The van der Waals surface area contributed by atoms with Crippen molar-refractivity contribution in [3.05, 3.63) is 95.8 Å². The summed E-state index contributed by atoms with van der Waals surface area (Å²) in [5, 5.41) is 5.82. The predicted octanol–water partition coefficient (Wildman–Crippen LogP) is 3.86. The second-order valence-corrected chi connectivity index (χ2v) is 6.16. The maximum atomic E-state index is 12.4. The molecule has 3 aromatic rings. The smallest absolute Gasteiger partial charge is 0.315 e. The Morgan fingerprint density at radius 2 is 1.85 bits per heavy atom. The normalized spacial score (nSPS) is 11.4. The molecule has 1 aromatic heterocycles. The minimum atomic E-state index is -0.315. The van der Waals surface area contributed by atoms with Crippen molar-refractivity contribution in [3.8, 4) is 5.75 Å². The van der Waals surface area contributed by atoms with Crippen molar-refractivity contribution in [1.82, 2.24) is 15.6 Å². The summed E-state index contributed by atoms with van der Waals surface area (Å²) in [6, 6.07) is 22.7. The SMILES string of the molecule is Cc1cccc(OCCNC(=O)NC(c2ccccc2)c2ccccn2)c1. The van der Waals surface area contributed by atoms with Gasteiger partial charge in [0.25, 0.3) is 0 Å². The van der Waals surface area contributed by atoms with Crippen LogP contribution in [0.2, 0.25) is 0 Å². The average molecular weight is 361 g/mol. The number of hydrogen-bond acceptors (Lipinski definition) is 3. The highest BCUT2D eigenvalue weighted by atomic mass is 16.5. The fraction of sp³-hybridized carbons (Fsp3) is 0.182. The van der Waals surface area contributed by atoms with Crippen molar-refractivity contribution in [1.29, 1.82) is 0 Å². The highest BCUT2D eigenvalue weighted by Crippen LogP contribution is 2.19. The van der Waals surface area contributed by atoms with Crippen molar-refractivity contribution < 1.29 is 9.53 Å². The van der Waals surface area contributed by atoms with Crippen LogP contribution >= 0.6 is 0 Å². The van der Waals surface area contributed by atoms with E-state index in [1.807, 2.05) is 79.7 Å². The molecule has 0 aliphatic carbocycles. The number of rotatable bonds is 7. The van der Waals surface area contributed by atoms with Crippen molar-refractivity contribution in [2.75, 3.05) is 13.2 Å². The molecule has 0 saturated carbocycles. The maximum absolute atomic E-state index is 12.4. The molecule has 0 radical (unpaired) electrons. The molecule has 3 rings (SSSR count). The first kappa shape index (κ1) is 18.5. The van der Waals surface area contributed by atoms with Crippen LogP contribution in [0.4, 0.5) is 4.79 Å². The Kier molecular flexibility index (Phi) is 6.41. The molecule has 138 valence electrons. The number of ether oxygens (including phenoxy) is 1. The highest BCUT2D eigenvalue weighted by Gasteiger charge is 2.17. The lowest BCUT2D eigenvalue weighted by Gasteiger charge is -2.19. The zero-order valence-corrected chi connectivity index (χ0v) is 15.3. The van der Waals surface area contributed by atoms with Crippen molar-refractivity contribution >= 4 is 6.03 Å². The van der Waals surface area contributed by atoms with Gasteiger partial charge >= 0.3 is 6.03 Å². The summed E-state index contributed by atoms with van der Waals surface area (Å²) < 4.78 is 5.66. The van der Waals surface area contributed by atoms with Crippen LogP contribution in [-0.2, 0) is 0 Å². The van der Waals surface area contributed by atoms with Crippen LogP contribution < -0.4 is 15.4 Å². The third-order valence-electron chi connectivity index (χ3n) is 4.04. The number of pyridine rings is 1. The molecular weight excluding hydrogens is 338 g/mol. The third kappa shape index (κ3) is 5.57. The number of aryl methyl sites for hydroxylation is 1. The van der Waals surface area contributed by atoms with Crippen LogP contribution in [-0.4, -0.2) is 24.2 Å². The molecule has 2 aromatic carbocycles. The van der Waals surface area contributed by atoms with E-state index in [-0.39, 0.29) is 12.1 Å². The Hall–Kier alpha value is -3.34. The number of nitrogens with zero attached hydrogens (tertiary/aromatic N) is 1. The summed E-state index contributed by atoms with van der Waals surface area (Å²) >= 11 is 0. The van der Waals surface area contributed by atoms with Crippen LogP contribution in [0.15, 0.2) is 79.0 Å². The lowest BCUT2D eigenvalue weighted by atomic mass is 10.0. The number of carbonyl (C=O) groups excluding carboxylic acids is 1. The molecule has 1 atom stereocenters. The van der Waals surface area contributed by atoms with Gasteiger partial charge in [0, 0.05) is 6.20 Å². The van der Waals surface area contributed by atoms with Gasteiger partial charge in [0.2, 0.25) is 0 Å². The molecule has 0 spiro atoms. The van der Waals surface area contributed by atoms with Gasteiger partial charge in [0.15, 0.2) is 0 Å². The Balaban J connectivity index is 1.55. The fourth-order valence-corrected chi connectivity index (χ4v) is 2.74. The van der Waals surface area contributed by atoms with Gasteiger partial charge in [-0.15, -0.1) is 0 Å². The quantitative estimate of drug-likeness (QED) is 0.628. The zero-order chi connectivity index (χ0) is 18.9. The van der Waals surface area contributed by atoms with Gasteiger partial charge in [-0.25, -0.2) is 4.79 Å². The molecular formula is C22H23N3O2. The minimum Gasteiger partial charge on any atom is -0.492 e. The Morgan fingerprint density at radius 1 is 1.04 bits per heavy atom. The van der Waals surface area contributed by atoms with E-state index >= 15 is 0 Å². The number of carbonyl (C=O) groups is 1. The van der Waals surface area contributed by atoms with Gasteiger partial charge in [-0.1, -0.05) is 48.5 Å². The van der Waals surface area contributed by atoms with Crippen LogP contribution in [0, 0.1) is 6.92 Å². The standard InChI is InChI=1S/C22H23N3O2/c1-17-8-7-11-19(16-17)27-15-14-24-22(26)25-21(18-9-3-2-4-10-18)20-12-5-6-13-23-20/h2-13,16,21H,14-15H2,1H3,(H2,24,25,26). The molecule has 2 amide bonds. The predicted molar refractivity (Wildman–Crippen MR) is 106 cm³/mol. The van der Waals surface area contributed by atoms with E-state index in [9.17, 15) is 4.79 Å². The Labute approximate surface area is 159 Å².